The maximum Gasteiger partial charge on any atom is 0.243 e. The molecule has 0 bridgehead atoms. The van der Waals surface area contributed by atoms with Crippen LogP contribution in [0.25, 0.3) is 10.9 Å². The highest BCUT2D eigenvalue weighted by molar-refractivity contribution is 7.89. The second-order valence-electron chi connectivity index (χ2n) is 8.27. The van der Waals surface area contributed by atoms with Crippen molar-refractivity contribution in [3.63, 3.8) is 0 Å². The van der Waals surface area contributed by atoms with Crippen LogP contribution in [0.2, 0.25) is 5.15 Å². The fourth-order valence-corrected chi connectivity index (χ4v) is 5.63. The molecule has 1 aliphatic rings. The minimum atomic E-state index is -3.55. The van der Waals surface area contributed by atoms with Crippen molar-refractivity contribution in [3.05, 3.63) is 59.2 Å². The van der Waals surface area contributed by atoms with E-state index in [1.165, 1.54) is 0 Å². The molecule has 32 heavy (non-hydrogen) atoms. The standard InChI is InChI=1S/C24H28ClN3O3S/c1-17(2)31-23-11-10-20(32(29,30)28-12-6-3-7-13-28)15-22(23)26-16-19-14-18-8-4-5-9-21(18)27-24(19)25/h4-5,8-11,14-15,17,26H,3,6-7,12-13,16H2,1-2H3. The van der Waals surface area contributed by atoms with Gasteiger partial charge in [-0.1, -0.05) is 36.2 Å². The summed E-state index contributed by atoms with van der Waals surface area (Å²) in [5.74, 6) is 0.600. The first-order valence-corrected chi connectivity index (χ1v) is 12.8. The van der Waals surface area contributed by atoms with E-state index in [0.29, 0.717) is 36.2 Å². The molecule has 3 aromatic rings. The molecule has 8 heteroatoms. The first-order valence-electron chi connectivity index (χ1n) is 10.9. The number of nitrogens with zero attached hydrogens (tertiary/aromatic N) is 2. The molecule has 0 saturated carbocycles. The van der Waals surface area contributed by atoms with Gasteiger partial charge < -0.3 is 10.1 Å². The van der Waals surface area contributed by atoms with Crippen LogP contribution in [0.5, 0.6) is 5.75 Å². The summed E-state index contributed by atoms with van der Waals surface area (Å²) in [6, 6.07) is 14.8. The summed E-state index contributed by atoms with van der Waals surface area (Å²) in [5, 5.41) is 4.73. The molecule has 170 valence electrons. The molecule has 0 amide bonds. The van der Waals surface area contributed by atoms with Crippen LogP contribution in [-0.2, 0) is 16.6 Å². The highest BCUT2D eigenvalue weighted by Crippen LogP contribution is 2.32. The molecular formula is C24H28ClN3O3S. The van der Waals surface area contributed by atoms with Gasteiger partial charge in [0, 0.05) is 30.6 Å². The number of ether oxygens (including phenoxy) is 1. The number of fused-ring (bicyclic) bond motifs is 1. The lowest BCUT2D eigenvalue weighted by atomic mass is 10.1. The smallest absolute Gasteiger partial charge is 0.243 e. The topological polar surface area (TPSA) is 71.5 Å². The number of benzene rings is 2. The predicted octanol–water partition coefficient (Wildman–Crippen LogP) is 5.46. The zero-order chi connectivity index (χ0) is 22.7. The van der Waals surface area contributed by atoms with E-state index in [0.717, 1.165) is 35.7 Å². The van der Waals surface area contributed by atoms with E-state index in [4.69, 9.17) is 16.3 Å². The van der Waals surface area contributed by atoms with E-state index in [9.17, 15) is 8.42 Å². The Bertz CT molecular complexity index is 1210. The van der Waals surface area contributed by atoms with E-state index in [-0.39, 0.29) is 11.0 Å². The number of nitrogens with one attached hydrogen (secondary N) is 1. The molecule has 1 saturated heterocycles. The van der Waals surface area contributed by atoms with Crippen molar-refractivity contribution in [2.45, 2.75) is 50.7 Å². The van der Waals surface area contributed by atoms with Crippen molar-refractivity contribution in [2.24, 2.45) is 0 Å². The molecule has 1 fully saturated rings. The minimum Gasteiger partial charge on any atom is -0.489 e. The zero-order valence-electron chi connectivity index (χ0n) is 18.3. The van der Waals surface area contributed by atoms with Gasteiger partial charge in [-0.25, -0.2) is 13.4 Å². The molecule has 4 rings (SSSR count). The molecule has 0 aliphatic carbocycles. The number of anilines is 1. The van der Waals surface area contributed by atoms with Crippen molar-refractivity contribution < 1.29 is 13.2 Å². The Morgan fingerprint density at radius 2 is 1.84 bits per heavy atom. The molecule has 6 nitrogen and oxygen atoms in total. The summed E-state index contributed by atoms with van der Waals surface area (Å²) in [4.78, 5) is 4.73. The maximum atomic E-state index is 13.2. The van der Waals surface area contributed by atoms with Crippen LogP contribution >= 0.6 is 11.6 Å². The number of halogens is 1. The average Bonchev–Trinajstić information content (AvgIpc) is 2.78. The van der Waals surface area contributed by atoms with E-state index in [1.54, 1.807) is 22.5 Å². The Balaban J connectivity index is 1.64. The summed E-state index contributed by atoms with van der Waals surface area (Å²) >= 11 is 6.41. The monoisotopic (exact) mass is 473 g/mol. The largest absolute Gasteiger partial charge is 0.489 e. The van der Waals surface area contributed by atoms with Gasteiger partial charge in [0.05, 0.1) is 22.2 Å². The van der Waals surface area contributed by atoms with Crippen LogP contribution in [0.15, 0.2) is 53.4 Å². The zero-order valence-corrected chi connectivity index (χ0v) is 19.9. The van der Waals surface area contributed by atoms with Gasteiger partial charge in [0.15, 0.2) is 0 Å². The molecule has 1 aromatic heterocycles. The summed E-state index contributed by atoms with van der Waals surface area (Å²) in [7, 11) is -3.55. The molecule has 0 atom stereocenters. The first-order chi connectivity index (χ1) is 15.3. The number of sulfonamides is 1. The van der Waals surface area contributed by atoms with Gasteiger partial charge in [0.25, 0.3) is 0 Å². The van der Waals surface area contributed by atoms with Crippen LogP contribution in [0.1, 0.15) is 38.7 Å². The van der Waals surface area contributed by atoms with Gasteiger partial charge in [0.1, 0.15) is 10.9 Å². The molecule has 0 unspecified atom stereocenters. The number of rotatable bonds is 7. The third kappa shape index (κ3) is 5.00. The summed E-state index contributed by atoms with van der Waals surface area (Å²) in [6.07, 6.45) is 2.81. The summed E-state index contributed by atoms with van der Waals surface area (Å²) in [6.45, 7) is 5.39. The lowest BCUT2D eigenvalue weighted by molar-refractivity contribution is 0.243. The van der Waals surface area contributed by atoms with E-state index in [2.05, 4.69) is 10.3 Å². The van der Waals surface area contributed by atoms with Crippen molar-refractivity contribution in [3.8, 4) is 5.75 Å². The second kappa shape index (κ2) is 9.65. The summed E-state index contributed by atoms with van der Waals surface area (Å²) in [5.41, 5.74) is 2.27. The number of pyridine rings is 1. The molecule has 1 N–H and O–H groups in total. The molecule has 2 heterocycles. The van der Waals surface area contributed by atoms with E-state index in [1.807, 2.05) is 44.2 Å². The van der Waals surface area contributed by atoms with Crippen molar-refractivity contribution in [1.29, 1.82) is 0 Å². The third-order valence-electron chi connectivity index (χ3n) is 5.49. The fourth-order valence-electron chi connectivity index (χ4n) is 3.87. The number of hydrogen-bond acceptors (Lipinski definition) is 5. The SMILES string of the molecule is CC(C)Oc1ccc(S(=O)(=O)N2CCCCC2)cc1NCc1cc2ccccc2nc1Cl. The number of piperidine rings is 1. The number of para-hydroxylation sites is 1. The normalized spacial score (nSPS) is 15.2. The highest BCUT2D eigenvalue weighted by Gasteiger charge is 2.27. The van der Waals surface area contributed by atoms with Gasteiger partial charge >= 0.3 is 0 Å². The van der Waals surface area contributed by atoms with Gasteiger partial charge in [-0.3, -0.25) is 0 Å². The lowest BCUT2D eigenvalue weighted by Crippen LogP contribution is -2.35. The second-order valence-corrected chi connectivity index (χ2v) is 10.6. The quantitative estimate of drug-likeness (QED) is 0.461. The average molecular weight is 474 g/mol. The van der Waals surface area contributed by atoms with Crippen LogP contribution in [0.3, 0.4) is 0 Å². The molecule has 0 spiro atoms. The fraction of sp³-hybridized carbons (Fsp3) is 0.375. The number of hydrogen-bond donors (Lipinski definition) is 1. The number of aromatic nitrogens is 1. The Morgan fingerprint density at radius 3 is 2.59 bits per heavy atom. The van der Waals surface area contributed by atoms with Gasteiger partial charge in [-0.2, -0.15) is 4.31 Å². The third-order valence-corrected chi connectivity index (χ3v) is 7.71. The van der Waals surface area contributed by atoms with Gasteiger partial charge in [-0.15, -0.1) is 0 Å². The molecule has 2 aromatic carbocycles. The maximum absolute atomic E-state index is 13.2. The van der Waals surface area contributed by atoms with Gasteiger partial charge in [-0.05, 0) is 57.0 Å². The van der Waals surface area contributed by atoms with E-state index < -0.39 is 10.0 Å². The van der Waals surface area contributed by atoms with Crippen molar-refractivity contribution in [2.75, 3.05) is 18.4 Å². The van der Waals surface area contributed by atoms with Crippen LogP contribution in [0.4, 0.5) is 5.69 Å². The molecule has 0 radical (unpaired) electrons. The first kappa shape index (κ1) is 22.8. The Hall–Kier alpha value is -2.35. The Morgan fingerprint density at radius 1 is 1.09 bits per heavy atom. The minimum absolute atomic E-state index is 0.0500. The van der Waals surface area contributed by atoms with Gasteiger partial charge in [0.2, 0.25) is 10.0 Å². The lowest BCUT2D eigenvalue weighted by Gasteiger charge is -2.26. The Labute approximate surface area is 194 Å². The highest BCUT2D eigenvalue weighted by atomic mass is 35.5. The van der Waals surface area contributed by atoms with E-state index >= 15 is 0 Å². The van der Waals surface area contributed by atoms with Crippen LogP contribution in [0, 0.1) is 0 Å². The van der Waals surface area contributed by atoms with Crippen molar-refractivity contribution >= 4 is 38.2 Å². The van der Waals surface area contributed by atoms with Crippen molar-refractivity contribution in [1.82, 2.24) is 9.29 Å². The summed E-state index contributed by atoms with van der Waals surface area (Å²) < 4.78 is 33.8. The Kier molecular flexibility index (Phi) is 6.88. The molecular weight excluding hydrogens is 446 g/mol. The predicted molar refractivity (Wildman–Crippen MR) is 129 cm³/mol. The molecule has 1 aliphatic heterocycles. The van der Waals surface area contributed by atoms with Crippen LogP contribution in [-0.4, -0.2) is 36.9 Å². The van der Waals surface area contributed by atoms with Crippen LogP contribution < -0.4 is 10.1 Å².